The molecule has 5 nitrogen and oxygen atoms in total. The standard InChI is InChI=1S/C19H30N4O/c1-7-15(8-2)22-18(24)10-9-16-13(5)17-11-20-23(12(3)4)19(17)21-14(16)6/h11-12,15H,7-10H2,1-6H3,(H,22,24). The normalized spacial score (nSPS) is 11.7. The van der Waals surface area contributed by atoms with Gasteiger partial charge in [0.15, 0.2) is 5.65 Å². The second kappa shape index (κ2) is 7.77. The van der Waals surface area contributed by atoms with Crippen molar-refractivity contribution in [3.8, 4) is 0 Å². The lowest BCUT2D eigenvalue weighted by Gasteiger charge is -2.16. The van der Waals surface area contributed by atoms with Crippen LogP contribution in [-0.4, -0.2) is 26.7 Å². The summed E-state index contributed by atoms with van der Waals surface area (Å²) in [6.45, 7) is 12.6. The van der Waals surface area contributed by atoms with Gasteiger partial charge in [0.25, 0.3) is 0 Å². The second-order valence-electron chi connectivity index (χ2n) is 6.80. The molecule has 2 heterocycles. The van der Waals surface area contributed by atoms with Crippen molar-refractivity contribution >= 4 is 16.9 Å². The molecule has 132 valence electrons. The number of amides is 1. The molecule has 2 aromatic heterocycles. The summed E-state index contributed by atoms with van der Waals surface area (Å²) in [7, 11) is 0. The molecule has 0 saturated carbocycles. The Morgan fingerprint density at radius 1 is 1.25 bits per heavy atom. The first-order valence-corrected chi connectivity index (χ1v) is 9.01. The molecule has 0 atom stereocenters. The van der Waals surface area contributed by atoms with Crippen molar-refractivity contribution in [3.05, 3.63) is 23.0 Å². The van der Waals surface area contributed by atoms with Gasteiger partial charge in [-0.2, -0.15) is 5.10 Å². The van der Waals surface area contributed by atoms with Crippen LogP contribution in [0.15, 0.2) is 6.20 Å². The number of nitrogens with one attached hydrogen (secondary N) is 1. The van der Waals surface area contributed by atoms with Gasteiger partial charge in [0.05, 0.1) is 6.20 Å². The Labute approximate surface area is 144 Å². The van der Waals surface area contributed by atoms with E-state index in [0.717, 1.165) is 36.0 Å². The Morgan fingerprint density at radius 2 is 1.92 bits per heavy atom. The highest BCUT2D eigenvalue weighted by atomic mass is 16.1. The minimum atomic E-state index is 0.125. The molecule has 0 aliphatic rings. The molecule has 1 amide bonds. The summed E-state index contributed by atoms with van der Waals surface area (Å²) in [4.78, 5) is 16.9. The minimum absolute atomic E-state index is 0.125. The SMILES string of the molecule is CCC(CC)NC(=O)CCc1c(C)nc2c(cnn2C(C)C)c1C. The van der Waals surface area contributed by atoms with Crippen LogP contribution in [0.3, 0.4) is 0 Å². The van der Waals surface area contributed by atoms with Crippen LogP contribution in [0.4, 0.5) is 0 Å². The predicted octanol–water partition coefficient (Wildman–Crippen LogP) is 3.87. The molecule has 0 aliphatic carbocycles. The third kappa shape index (κ3) is 3.77. The van der Waals surface area contributed by atoms with E-state index in [-0.39, 0.29) is 18.0 Å². The van der Waals surface area contributed by atoms with E-state index in [1.165, 1.54) is 11.1 Å². The summed E-state index contributed by atoms with van der Waals surface area (Å²) >= 11 is 0. The molecule has 0 unspecified atom stereocenters. The molecule has 0 saturated heterocycles. The van der Waals surface area contributed by atoms with Crippen LogP contribution in [0.1, 0.15) is 69.8 Å². The maximum Gasteiger partial charge on any atom is 0.220 e. The summed E-state index contributed by atoms with van der Waals surface area (Å²) in [6, 6.07) is 0.565. The number of fused-ring (bicyclic) bond motifs is 1. The minimum Gasteiger partial charge on any atom is -0.353 e. The third-order valence-corrected chi connectivity index (χ3v) is 4.78. The van der Waals surface area contributed by atoms with Gasteiger partial charge in [-0.15, -0.1) is 0 Å². The summed E-state index contributed by atoms with van der Waals surface area (Å²) in [5.74, 6) is 0.125. The van der Waals surface area contributed by atoms with Gasteiger partial charge in [-0.25, -0.2) is 9.67 Å². The fraction of sp³-hybridized carbons (Fsp3) is 0.632. The van der Waals surface area contributed by atoms with Gasteiger partial charge in [0.1, 0.15) is 0 Å². The number of hydrogen-bond donors (Lipinski definition) is 1. The molecule has 5 heteroatoms. The Morgan fingerprint density at radius 3 is 2.50 bits per heavy atom. The van der Waals surface area contributed by atoms with Gasteiger partial charge in [-0.05, 0) is 58.1 Å². The van der Waals surface area contributed by atoms with E-state index in [4.69, 9.17) is 4.98 Å². The third-order valence-electron chi connectivity index (χ3n) is 4.78. The van der Waals surface area contributed by atoms with E-state index >= 15 is 0 Å². The number of hydrogen-bond acceptors (Lipinski definition) is 3. The number of rotatable bonds is 7. The zero-order chi connectivity index (χ0) is 17.9. The van der Waals surface area contributed by atoms with Crippen molar-refractivity contribution in [3.63, 3.8) is 0 Å². The maximum absolute atomic E-state index is 12.2. The largest absolute Gasteiger partial charge is 0.353 e. The van der Waals surface area contributed by atoms with E-state index in [1.54, 1.807) is 0 Å². The first-order chi connectivity index (χ1) is 11.4. The second-order valence-corrected chi connectivity index (χ2v) is 6.80. The smallest absolute Gasteiger partial charge is 0.220 e. The highest BCUT2D eigenvalue weighted by Gasteiger charge is 2.16. The lowest BCUT2D eigenvalue weighted by atomic mass is 10.00. The summed E-state index contributed by atoms with van der Waals surface area (Å²) in [6.07, 6.45) is 5.07. The van der Waals surface area contributed by atoms with Crippen LogP contribution in [-0.2, 0) is 11.2 Å². The monoisotopic (exact) mass is 330 g/mol. The molecule has 0 spiro atoms. The molecule has 0 fully saturated rings. The number of aryl methyl sites for hydroxylation is 2. The van der Waals surface area contributed by atoms with Crippen molar-refractivity contribution in [2.45, 2.75) is 79.3 Å². The van der Waals surface area contributed by atoms with Crippen LogP contribution < -0.4 is 5.32 Å². The molecule has 2 aromatic rings. The lowest BCUT2D eigenvalue weighted by Crippen LogP contribution is -2.33. The Hall–Kier alpha value is -1.91. The van der Waals surface area contributed by atoms with Gasteiger partial charge in [-0.1, -0.05) is 13.8 Å². The van der Waals surface area contributed by atoms with E-state index in [9.17, 15) is 4.79 Å². The molecule has 2 rings (SSSR count). The average Bonchev–Trinajstić information content (AvgIpc) is 2.96. The van der Waals surface area contributed by atoms with Crippen LogP contribution in [0.2, 0.25) is 0 Å². The molecular weight excluding hydrogens is 300 g/mol. The molecule has 0 bridgehead atoms. The first kappa shape index (κ1) is 18.4. The van der Waals surface area contributed by atoms with Crippen molar-refractivity contribution in [1.82, 2.24) is 20.1 Å². The van der Waals surface area contributed by atoms with Crippen LogP contribution in [0.5, 0.6) is 0 Å². The quantitative estimate of drug-likeness (QED) is 0.838. The number of pyridine rings is 1. The highest BCUT2D eigenvalue weighted by Crippen LogP contribution is 2.25. The molecule has 24 heavy (non-hydrogen) atoms. The first-order valence-electron chi connectivity index (χ1n) is 9.01. The van der Waals surface area contributed by atoms with Crippen molar-refractivity contribution < 1.29 is 4.79 Å². The van der Waals surface area contributed by atoms with E-state index < -0.39 is 0 Å². The van der Waals surface area contributed by atoms with E-state index in [0.29, 0.717) is 6.42 Å². The van der Waals surface area contributed by atoms with Gasteiger partial charge < -0.3 is 5.32 Å². The fourth-order valence-corrected chi connectivity index (χ4v) is 3.17. The van der Waals surface area contributed by atoms with Crippen LogP contribution >= 0.6 is 0 Å². The molecule has 1 N–H and O–H groups in total. The molecular formula is C19H30N4O. The van der Waals surface area contributed by atoms with E-state index in [2.05, 4.69) is 45.0 Å². The number of aromatic nitrogens is 3. The molecule has 0 radical (unpaired) electrons. The van der Waals surface area contributed by atoms with Gasteiger partial charge >= 0.3 is 0 Å². The van der Waals surface area contributed by atoms with Crippen LogP contribution in [0, 0.1) is 13.8 Å². The number of nitrogens with zero attached hydrogens (tertiary/aromatic N) is 3. The Balaban J connectivity index is 2.19. The average molecular weight is 330 g/mol. The van der Waals surface area contributed by atoms with Crippen molar-refractivity contribution in [2.24, 2.45) is 0 Å². The van der Waals surface area contributed by atoms with Gasteiger partial charge in [0.2, 0.25) is 5.91 Å². The number of carbonyl (C=O) groups excluding carboxylic acids is 1. The highest BCUT2D eigenvalue weighted by molar-refractivity contribution is 5.81. The zero-order valence-electron chi connectivity index (χ0n) is 15.8. The maximum atomic E-state index is 12.2. The van der Waals surface area contributed by atoms with Gasteiger partial charge in [-0.3, -0.25) is 4.79 Å². The topological polar surface area (TPSA) is 59.8 Å². The summed E-state index contributed by atoms with van der Waals surface area (Å²) in [5, 5.41) is 8.66. The summed E-state index contributed by atoms with van der Waals surface area (Å²) < 4.78 is 1.96. The molecule has 0 aromatic carbocycles. The van der Waals surface area contributed by atoms with E-state index in [1.807, 2.05) is 17.8 Å². The van der Waals surface area contributed by atoms with Crippen molar-refractivity contribution in [1.29, 1.82) is 0 Å². The molecule has 0 aliphatic heterocycles. The zero-order valence-corrected chi connectivity index (χ0v) is 15.8. The Bertz CT molecular complexity index is 714. The van der Waals surface area contributed by atoms with Gasteiger partial charge in [0, 0.05) is 29.6 Å². The number of carbonyl (C=O) groups is 1. The summed E-state index contributed by atoms with van der Waals surface area (Å²) in [5.41, 5.74) is 4.30. The fourth-order valence-electron chi connectivity index (χ4n) is 3.17. The predicted molar refractivity (Wildman–Crippen MR) is 98.2 cm³/mol. The van der Waals surface area contributed by atoms with Crippen molar-refractivity contribution in [2.75, 3.05) is 0 Å². The Kier molecular flexibility index (Phi) is 5.97. The lowest BCUT2D eigenvalue weighted by molar-refractivity contribution is -0.121. The van der Waals surface area contributed by atoms with Crippen LogP contribution in [0.25, 0.3) is 11.0 Å².